The number of rotatable bonds is 3. The lowest BCUT2D eigenvalue weighted by atomic mass is 9.97. The highest BCUT2D eigenvalue weighted by molar-refractivity contribution is 7.92. The maximum absolute atomic E-state index is 12.8. The minimum Gasteiger partial charge on any atom is -0.378 e. The Hall–Kier alpha value is -1.99. The molecule has 0 amide bonds. The first-order chi connectivity index (χ1) is 12.1. The van der Waals surface area contributed by atoms with Crippen LogP contribution in [0.2, 0.25) is 0 Å². The third-order valence-corrected chi connectivity index (χ3v) is 7.11. The van der Waals surface area contributed by atoms with Gasteiger partial charge in [-0.25, -0.2) is 18.4 Å². The summed E-state index contributed by atoms with van der Waals surface area (Å²) in [6, 6.07) is 8.70. The molecule has 1 saturated heterocycles. The SMILES string of the molecule is O=S(=O)(c1ccccc1)C1CCc2nc(N3CCOCC3)ncc2C1. The molecular weight excluding hydrogens is 338 g/mol. The van der Waals surface area contributed by atoms with Crippen molar-refractivity contribution in [2.75, 3.05) is 31.2 Å². The highest BCUT2D eigenvalue weighted by atomic mass is 32.2. The van der Waals surface area contributed by atoms with Gasteiger partial charge in [0.15, 0.2) is 9.84 Å². The first kappa shape index (κ1) is 16.5. The largest absolute Gasteiger partial charge is 0.378 e. The van der Waals surface area contributed by atoms with E-state index in [1.807, 2.05) is 6.07 Å². The van der Waals surface area contributed by atoms with Gasteiger partial charge in [0.2, 0.25) is 5.95 Å². The third-order valence-electron chi connectivity index (χ3n) is 4.90. The van der Waals surface area contributed by atoms with Gasteiger partial charge in [0.25, 0.3) is 0 Å². The predicted octanol–water partition coefficient (Wildman–Crippen LogP) is 1.64. The van der Waals surface area contributed by atoms with Crippen LogP contribution in [0.4, 0.5) is 5.95 Å². The highest BCUT2D eigenvalue weighted by Gasteiger charge is 2.32. The van der Waals surface area contributed by atoms with Crippen LogP contribution < -0.4 is 4.90 Å². The number of sulfone groups is 1. The number of fused-ring (bicyclic) bond motifs is 1. The number of hydrogen-bond donors (Lipinski definition) is 0. The molecule has 4 rings (SSSR count). The summed E-state index contributed by atoms with van der Waals surface area (Å²) in [4.78, 5) is 11.7. The molecular formula is C18H21N3O3S. The smallest absolute Gasteiger partial charge is 0.225 e. The third kappa shape index (κ3) is 3.26. The Morgan fingerprint density at radius 3 is 2.64 bits per heavy atom. The summed E-state index contributed by atoms with van der Waals surface area (Å²) >= 11 is 0. The van der Waals surface area contributed by atoms with Crippen molar-refractivity contribution in [3.05, 3.63) is 47.8 Å². The molecule has 1 aromatic carbocycles. The molecule has 1 atom stereocenters. The van der Waals surface area contributed by atoms with Crippen molar-refractivity contribution in [1.29, 1.82) is 0 Å². The molecule has 6 nitrogen and oxygen atoms in total. The maximum Gasteiger partial charge on any atom is 0.225 e. The van der Waals surface area contributed by atoms with E-state index in [1.54, 1.807) is 30.5 Å². The number of morpholine rings is 1. The Balaban J connectivity index is 1.56. The minimum atomic E-state index is -3.32. The molecule has 2 aromatic rings. The van der Waals surface area contributed by atoms with Crippen molar-refractivity contribution in [3.8, 4) is 0 Å². The van der Waals surface area contributed by atoms with Gasteiger partial charge >= 0.3 is 0 Å². The molecule has 2 aliphatic rings. The van der Waals surface area contributed by atoms with Crippen LogP contribution in [0.3, 0.4) is 0 Å². The van der Waals surface area contributed by atoms with Gasteiger partial charge in [0.1, 0.15) is 0 Å². The van der Waals surface area contributed by atoms with E-state index >= 15 is 0 Å². The summed E-state index contributed by atoms with van der Waals surface area (Å²) in [5, 5.41) is -0.403. The van der Waals surface area contributed by atoms with Crippen molar-refractivity contribution in [2.24, 2.45) is 0 Å². The summed E-state index contributed by atoms with van der Waals surface area (Å²) in [7, 11) is -3.32. The van der Waals surface area contributed by atoms with Gasteiger partial charge in [-0.3, -0.25) is 0 Å². The van der Waals surface area contributed by atoms with Crippen molar-refractivity contribution in [1.82, 2.24) is 9.97 Å². The van der Waals surface area contributed by atoms with Crippen LogP contribution in [0.5, 0.6) is 0 Å². The summed E-state index contributed by atoms with van der Waals surface area (Å²) in [6.07, 6.45) is 3.56. The Labute approximate surface area is 147 Å². The molecule has 1 aliphatic heterocycles. The van der Waals surface area contributed by atoms with Crippen LogP contribution in [0.25, 0.3) is 0 Å². The Morgan fingerprint density at radius 2 is 1.88 bits per heavy atom. The fourth-order valence-electron chi connectivity index (χ4n) is 3.45. The first-order valence-electron chi connectivity index (χ1n) is 8.61. The van der Waals surface area contributed by atoms with Gasteiger partial charge in [-0.05, 0) is 37.0 Å². The molecule has 2 heterocycles. The number of anilines is 1. The van der Waals surface area contributed by atoms with Gasteiger partial charge < -0.3 is 9.64 Å². The van der Waals surface area contributed by atoms with Gasteiger partial charge in [-0.1, -0.05) is 18.2 Å². The van der Waals surface area contributed by atoms with Crippen molar-refractivity contribution < 1.29 is 13.2 Å². The van der Waals surface area contributed by atoms with E-state index in [2.05, 4.69) is 9.88 Å². The molecule has 1 aromatic heterocycles. The van der Waals surface area contributed by atoms with E-state index in [-0.39, 0.29) is 0 Å². The van der Waals surface area contributed by atoms with E-state index in [9.17, 15) is 8.42 Å². The van der Waals surface area contributed by atoms with Crippen molar-refractivity contribution >= 4 is 15.8 Å². The Morgan fingerprint density at radius 1 is 1.12 bits per heavy atom. The van der Waals surface area contributed by atoms with Crippen molar-refractivity contribution in [2.45, 2.75) is 29.4 Å². The quantitative estimate of drug-likeness (QED) is 0.830. The predicted molar refractivity (Wildman–Crippen MR) is 94.5 cm³/mol. The summed E-state index contributed by atoms with van der Waals surface area (Å²) < 4.78 is 31.1. The number of aromatic nitrogens is 2. The Kier molecular flexibility index (Phi) is 4.43. The van der Waals surface area contributed by atoms with Crippen LogP contribution in [-0.4, -0.2) is 49.9 Å². The molecule has 0 saturated carbocycles. The normalized spacial score (nSPS) is 21.0. The average molecular weight is 359 g/mol. The minimum absolute atomic E-state index is 0.398. The molecule has 0 radical (unpaired) electrons. The molecule has 1 aliphatic carbocycles. The van der Waals surface area contributed by atoms with Crippen LogP contribution in [-0.2, 0) is 27.4 Å². The maximum atomic E-state index is 12.8. The van der Waals surface area contributed by atoms with Gasteiger partial charge in [0.05, 0.1) is 23.4 Å². The fraction of sp³-hybridized carbons (Fsp3) is 0.444. The van der Waals surface area contributed by atoms with E-state index in [4.69, 9.17) is 9.72 Å². The lowest BCUT2D eigenvalue weighted by molar-refractivity contribution is 0.122. The van der Waals surface area contributed by atoms with Gasteiger partial charge in [-0.15, -0.1) is 0 Å². The van der Waals surface area contributed by atoms with E-state index in [0.717, 1.165) is 30.3 Å². The van der Waals surface area contributed by atoms with Gasteiger partial charge in [0, 0.05) is 25.0 Å². The number of ether oxygens (including phenoxy) is 1. The van der Waals surface area contributed by atoms with Crippen LogP contribution >= 0.6 is 0 Å². The molecule has 0 spiro atoms. The van der Waals surface area contributed by atoms with Crippen LogP contribution in [0.15, 0.2) is 41.4 Å². The van der Waals surface area contributed by atoms with E-state index in [1.165, 1.54) is 0 Å². The lowest BCUT2D eigenvalue weighted by Gasteiger charge is -2.29. The summed E-state index contributed by atoms with van der Waals surface area (Å²) in [6.45, 7) is 2.98. The highest BCUT2D eigenvalue weighted by Crippen LogP contribution is 2.29. The van der Waals surface area contributed by atoms with Crippen molar-refractivity contribution in [3.63, 3.8) is 0 Å². The lowest BCUT2D eigenvalue weighted by Crippen LogP contribution is -2.38. The van der Waals surface area contributed by atoms with Crippen LogP contribution in [0.1, 0.15) is 17.7 Å². The monoisotopic (exact) mass is 359 g/mol. The standard InChI is InChI=1S/C18H21N3O3S/c22-25(23,15-4-2-1-3-5-15)16-6-7-17-14(12-16)13-19-18(20-17)21-8-10-24-11-9-21/h1-5,13,16H,6-12H2. The molecule has 1 unspecified atom stereocenters. The number of hydrogen-bond acceptors (Lipinski definition) is 6. The Bertz CT molecular complexity index is 849. The van der Waals surface area contributed by atoms with E-state index < -0.39 is 15.1 Å². The fourth-order valence-corrected chi connectivity index (χ4v) is 5.20. The topological polar surface area (TPSA) is 72.4 Å². The summed E-state index contributed by atoms with van der Waals surface area (Å²) in [5.41, 5.74) is 1.93. The molecule has 25 heavy (non-hydrogen) atoms. The summed E-state index contributed by atoms with van der Waals surface area (Å²) in [5.74, 6) is 0.728. The van der Waals surface area contributed by atoms with Crippen LogP contribution in [0, 0.1) is 0 Å². The molecule has 1 fully saturated rings. The van der Waals surface area contributed by atoms with E-state index in [0.29, 0.717) is 37.4 Å². The second kappa shape index (κ2) is 6.72. The van der Waals surface area contributed by atoms with Gasteiger partial charge in [-0.2, -0.15) is 0 Å². The number of benzene rings is 1. The first-order valence-corrected chi connectivity index (χ1v) is 10.2. The second-order valence-electron chi connectivity index (χ2n) is 6.46. The number of aryl methyl sites for hydroxylation is 1. The number of nitrogens with zero attached hydrogens (tertiary/aromatic N) is 3. The zero-order valence-electron chi connectivity index (χ0n) is 14.0. The second-order valence-corrected chi connectivity index (χ2v) is 8.69. The zero-order valence-corrected chi connectivity index (χ0v) is 14.8. The molecule has 132 valence electrons. The molecule has 0 N–H and O–H groups in total. The zero-order chi connectivity index (χ0) is 17.3. The average Bonchev–Trinajstić information content (AvgIpc) is 2.68. The molecule has 7 heteroatoms. The molecule has 0 bridgehead atoms.